The van der Waals surface area contributed by atoms with Gasteiger partial charge in [0.25, 0.3) is 0 Å². The van der Waals surface area contributed by atoms with Gasteiger partial charge in [0.2, 0.25) is 0 Å². The maximum atomic E-state index is 14.4. The first kappa shape index (κ1) is 13.8. The van der Waals surface area contributed by atoms with Gasteiger partial charge in [0.15, 0.2) is 11.6 Å². The number of hydrogen-bond donors (Lipinski definition) is 1. The standard InChI is InChI=1S/C15H15ClFNO/c1-2-13(18)11-8-9-12(16)15(14(11)17)19-10-6-4-3-5-7-10/h3-9,13H,2,18H2,1H3/p+1/t13-/m1/s1. The van der Waals surface area contributed by atoms with Crippen LogP contribution in [0.5, 0.6) is 11.5 Å². The molecule has 0 saturated carbocycles. The molecule has 0 aliphatic carbocycles. The van der Waals surface area contributed by atoms with E-state index >= 15 is 0 Å². The molecule has 0 fully saturated rings. The van der Waals surface area contributed by atoms with Crippen LogP contribution in [0, 0.1) is 5.82 Å². The second-order valence-corrected chi connectivity index (χ2v) is 4.71. The molecule has 4 heteroatoms. The van der Waals surface area contributed by atoms with E-state index in [1.54, 1.807) is 24.3 Å². The molecule has 0 bridgehead atoms. The summed E-state index contributed by atoms with van der Waals surface area (Å²) in [5, 5.41) is 0.258. The smallest absolute Gasteiger partial charge is 0.182 e. The molecule has 2 aromatic rings. The number of quaternary nitrogens is 1. The van der Waals surface area contributed by atoms with Crippen molar-refractivity contribution in [1.29, 1.82) is 0 Å². The molecule has 0 spiro atoms. The van der Waals surface area contributed by atoms with Gasteiger partial charge in [-0.1, -0.05) is 36.7 Å². The number of para-hydroxylation sites is 1. The Labute approximate surface area is 117 Å². The summed E-state index contributed by atoms with van der Waals surface area (Å²) in [6, 6.07) is 12.2. The minimum absolute atomic E-state index is 0.0625. The normalized spacial score (nSPS) is 12.2. The van der Waals surface area contributed by atoms with Gasteiger partial charge in [-0.15, -0.1) is 0 Å². The van der Waals surface area contributed by atoms with E-state index in [2.05, 4.69) is 5.73 Å². The van der Waals surface area contributed by atoms with Crippen molar-refractivity contribution < 1.29 is 14.9 Å². The summed E-state index contributed by atoms with van der Waals surface area (Å²) in [5.74, 6) is 0.184. The fourth-order valence-electron chi connectivity index (χ4n) is 1.78. The van der Waals surface area contributed by atoms with Crippen molar-refractivity contribution >= 4 is 11.6 Å². The van der Waals surface area contributed by atoms with Gasteiger partial charge in [0, 0.05) is 12.0 Å². The maximum Gasteiger partial charge on any atom is 0.182 e. The lowest BCUT2D eigenvalue weighted by molar-refractivity contribution is -0.427. The lowest BCUT2D eigenvalue weighted by Crippen LogP contribution is -2.53. The van der Waals surface area contributed by atoms with Crippen LogP contribution in [0.4, 0.5) is 4.39 Å². The molecule has 3 N–H and O–H groups in total. The van der Waals surface area contributed by atoms with Crippen LogP contribution in [-0.2, 0) is 0 Å². The maximum absolute atomic E-state index is 14.4. The van der Waals surface area contributed by atoms with Crippen LogP contribution in [0.1, 0.15) is 24.9 Å². The van der Waals surface area contributed by atoms with Gasteiger partial charge < -0.3 is 10.5 Å². The summed E-state index contributed by atoms with van der Waals surface area (Å²) in [6.07, 6.45) is 0.753. The fourth-order valence-corrected chi connectivity index (χ4v) is 1.97. The summed E-state index contributed by atoms with van der Waals surface area (Å²) >= 11 is 6.01. The Hall–Kier alpha value is -1.58. The third kappa shape index (κ3) is 3.06. The highest BCUT2D eigenvalue weighted by Gasteiger charge is 2.20. The Bertz CT molecular complexity index is 560. The minimum Gasteiger partial charge on any atom is -0.453 e. The van der Waals surface area contributed by atoms with Gasteiger partial charge in [0.05, 0.1) is 5.02 Å². The summed E-state index contributed by atoms with van der Waals surface area (Å²) in [4.78, 5) is 0. The van der Waals surface area contributed by atoms with Gasteiger partial charge in [-0.05, 0) is 24.3 Å². The summed E-state index contributed by atoms with van der Waals surface area (Å²) in [7, 11) is 0. The van der Waals surface area contributed by atoms with E-state index in [9.17, 15) is 4.39 Å². The van der Waals surface area contributed by atoms with Crippen molar-refractivity contribution in [2.45, 2.75) is 19.4 Å². The van der Waals surface area contributed by atoms with E-state index in [1.165, 1.54) is 0 Å². The second-order valence-electron chi connectivity index (χ2n) is 4.30. The highest BCUT2D eigenvalue weighted by molar-refractivity contribution is 6.32. The fraction of sp³-hybridized carbons (Fsp3) is 0.200. The first-order valence-electron chi connectivity index (χ1n) is 6.17. The van der Waals surface area contributed by atoms with Gasteiger partial charge in [-0.2, -0.15) is 0 Å². The van der Waals surface area contributed by atoms with Crippen LogP contribution < -0.4 is 10.5 Å². The molecule has 19 heavy (non-hydrogen) atoms. The predicted molar refractivity (Wildman–Crippen MR) is 73.8 cm³/mol. The first-order valence-corrected chi connectivity index (χ1v) is 6.55. The van der Waals surface area contributed by atoms with E-state index in [0.29, 0.717) is 11.3 Å². The number of benzene rings is 2. The number of hydrogen-bond acceptors (Lipinski definition) is 1. The van der Waals surface area contributed by atoms with Crippen LogP contribution >= 0.6 is 11.6 Å². The van der Waals surface area contributed by atoms with Gasteiger partial charge in [0.1, 0.15) is 11.8 Å². The van der Waals surface area contributed by atoms with Crippen molar-refractivity contribution in [1.82, 2.24) is 0 Å². The van der Waals surface area contributed by atoms with E-state index < -0.39 is 5.82 Å². The second kappa shape index (κ2) is 6.04. The highest BCUT2D eigenvalue weighted by Crippen LogP contribution is 2.35. The van der Waals surface area contributed by atoms with Crippen molar-refractivity contribution in [2.24, 2.45) is 0 Å². The summed E-state index contributed by atoms with van der Waals surface area (Å²) in [6.45, 7) is 1.96. The molecule has 100 valence electrons. The number of halogens is 2. The third-order valence-electron chi connectivity index (χ3n) is 2.97. The molecular formula is C15H16ClFNO+. The minimum atomic E-state index is -0.432. The molecule has 0 aromatic heterocycles. The van der Waals surface area contributed by atoms with E-state index in [4.69, 9.17) is 16.3 Å². The van der Waals surface area contributed by atoms with Crippen molar-refractivity contribution in [2.75, 3.05) is 0 Å². The predicted octanol–water partition coefficient (Wildman–Crippen LogP) is 3.96. The zero-order valence-electron chi connectivity index (χ0n) is 10.7. The van der Waals surface area contributed by atoms with E-state index in [-0.39, 0.29) is 16.8 Å². The first-order chi connectivity index (χ1) is 9.13. The Morgan fingerprint density at radius 3 is 2.53 bits per heavy atom. The van der Waals surface area contributed by atoms with E-state index in [1.807, 2.05) is 25.1 Å². The van der Waals surface area contributed by atoms with Crippen molar-refractivity contribution in [3.8, 4) is 11.5 Å². The molecule has 2 nitrogen and oxygen atoms in total. The Kier molecular flexibility index (Phi) is 4.40. The average Bonchev–Trinajstić information content (AvgIpc) is 2.44. The molecule has 0 unspecified atom stereocenters. The molecule has 1 atom stereocenters. The van der Waals surface area contributed by atoms with Crippen molar-refractivity contribution in [3.05, 3.63) is 58.9 Å². The molecule has 0 aliphatic rings. The van der Waals surface area contributed by atoms with Crippen LogP contribution in [0.25, 0.3) is 0 Å². The summed E-state index contributed by atoms with van der Waals surface area (Å²) < 4.78 is 19.9. The summed E-state index contributed by atoms with van der Waals surface area (Å²) in [5.41, 5.74) is 4.45. The molecule has 0 radical (unpaired) electrons. The largest absolute Gasteiger partial charge is 0.453 e. The van der Waals surface area contributed by atoms with Gasteiger partial charge in [-0.25, -0.2) is 4.39 Å². The third-order valence-corrected chi connectivity index (χ3v) is 3.27. The lowest BCUT2D eigenvalue weighted by Gasteiger charge is -2.13. The molecule has 0 saturated heterocycles. The molecule has 2 aromatic carbocycles. The Morgan fingerprint density at radius 2 is 1.89 bits per heavy atom. The quantitative estimate of drug-likeness (QED) is 0.904. The average molecular weight is 281 g/mol. The lowest BCUT2D eigenvalue weighted by atomic mass is 10.0. The molecular weight excluding hydrogens is 265 g/mol. The zero-order chi connectivity index (χ0) is 13.8. The van der Waals surface area contributed by atoms with E-state index in [0.717, 1.165) is 6.42 Å². The SMILES string of the molecule is CC[C@@H]([NH3+])c1ccc(Cl)c(Oc2ccccc2)c1F. The van der Waals surface area contributed by atoms with Gasteiger partial charge in [-0.3, -0.25) is 0 Å². The Morgan fingerprint density at radius 1 is 1.21 bits per heavy atom. The molecule has 0 aliphatic heterocycles. The molecule has 2 rings (SSSR count). The zero-order valence-corrected chi connectivity index (χ0v) is 11.5. The number of ether oxygens (including phenoxy) is 1. The highest BCUT2D eigenvalue weighted by atomic mass is 35.5. The topological polar surface area (TPSA) is 36.9 Å². The Balaban J connectivity index is 2.39. The monoisotopic (exact) mass is 280 g/mol. The van der Waals surface area contributed by atoms with Crippen LogP contribution in [0.3, 0.4) is 0 Å². The van der Waals surface area contributed by atoms with Crippen molar-refractivity contribution in [3.63, 3.8) is 0 Å². The molecule has 0 heterocycles. The van der Waals surface area contributed by atoms with Gasteiger partial charge >= 0.3 is 0 Å². The van der Waals surface area contributed by atoms with Crippen LogP contribution in [-0.4, -0.2) is 0 Å². The van der Waals surface area contributed by atoms with Crippen LogP contribution in [0.2, 0.25) is 5.02 Å². The molecule has 0 amide bonds. The number of rotatable bonds is 4. The van der Waals surface area contributed by atoms with Crippen LogP contribution in [0.15, 0.2) is 42.5 Å².